The second-order valence-electron chi connectivity index (χ2n) is 3.81. The first-order valence-corrected chi connectivity index (χ1v) is 5.20. The Morgan fingerprint density at radius 2 is 2.13 bits per heavy atom. The number of hydrogen-bond acceptors (Lipinski definition) is 3. The number of carbonyl (C=O) groups excluding carboxylic acids is 1. The van der Waals surface area contributed by atoms with Gasteiger partial charge in [-0.2, -0.15) is 0 Å². The van der Waals surface area contributed by atoms with Crippen LogP contribution in [-0.2, 0) is 0 Å². The summed E-state index contributed by atoms with van der Waals surface area (Å²) in [5.74, 6) is 0.568. The number of aldehydes is 1. The van der Waals surface area contributed by atoms with E-state index in [4.69, 9.17) is 4.74 Å². The first-order chi connectivity index (χ1) is 7.31. The van der Waals surface area contributed by atoms with Crippen LogP contribution in [0.5, 0.6) is 5.75 Å². The number of aliphatic hydroxyl groups is 1. The van der Waals surface area contributed by atoms with E-state index >= 15 is 0 Å². The van der Waals surface area contributed by atoms with E-state index in [1.807, 2.05) is 6.07 Å². The third-order valence-electron chi connectivity index (χ3n) is 2.74. The predicted octanol–water partition coefficient (Wildman–Crippen LogP) is 1.79. The maximum Gasteiger partial charge on any atom is 0.153 e. The molecule has 0 radical (unpaired) electrons. The van der Waals surface area contributed by atoms with Crippen LogP contribution in [-0.4, -0.2) is 23.6 Å². The molecule has 2 atom stereocenters. The molecule has 3 nitrogen and oxygen atoms in total. The first-order valence-electron chi connectivity index (χ1n) is 5.20. The molecule has 0 unspecified atom stereocenters. The van der Waals surface area contributed by atoms with Gasteiger partial charge < -0.3 is 9.84 Å². The van der Waals surface area contributed by atoms with Gasteiger partial charge >= 0.3 is 0 Å². The van der Waals surface area contributed by atoms with Crippen molar-refractivity contribution in [3.05, 3.63) is 29.8 Å². The van der Waals surface area contributed by atoms with Crippen LogP contribution in [0, 0.1) is 0 Å². The summed E-state index contributed by atoms with van der Waals surface area (Å²) in [5, 5.41) is 9.60. The van der Waals surface area contributed by atoms with Crippen molar-refractivity contribution in [1.82, 2.24) is 0 Å². The van der Waals surface area contributed by atoms with E-state index in [2.05, 4.69) is 0 Å². The Morgan fingerprint density at radius 1 is 1.33 bits per heavy atom. The molecule has 1 fully saturated rings. The number of hydrogen-bond donors (Lipinski definition) is 1. The van der Waals surface area contributed by atoms with Gasteiger partial charge in [-0.15, -0.1) is 0 Å². The predicted molar refractivity (Wildman–Crippen MR) is 56.1 cm³/mol. The molecular formula is C12H14O3. The fraction of sp³-hybridized carbons (Fsp3) is 0.417. The minimum absolute atomic E-state index is 0.161. The summed E-state index contributed by atoms with van der Waals surface area (Å²) in [6.07, 6.45) is 2.84. The smallest absolute Gasteiger partial charge is 0.153 e. The minimum Gasteiger partial charge on any atom is -0.487 e. The maximum absolute atomic E-state index is 10.7. The molecule has 80 valence electrons. The highest BCUT2D eigenvalue weighted by molar-refractivity contribution is 5.79. The zero-order valence-electron chi connectivity index (χ0n) is 8.43. The second-order valence-corrected chi connectivity index (χ2v) is 3.81. The molecule has 3 heteroatoms. The van der Waals surface area contributed by atoms with Gasteiger partial charge in [0.05, 0.1) is 11.7 Å². The average molecular weight is 206 g/mol. The third-order valence-corrected chi connectivity index (χ3v) is 2.74. The van der Waals surface area contributed by atoms with Crippen molar-refractivity contribution in [1.29, 1.82) is 0 Å². The summed E-state index contributed by atoms with van der Waals surface area (Å²) >= 11 is 0. The number of rotatable bonds is 3. The van der Waals surface area contributed by atoms with Gasteiger partial charge in [0.2, 0.25) is 0 Å². The van der Waals surface area contributed by atoms with Gasteiger partial charge in [0, 0.05) is 0 Å². The van der Waals surface area contributed by atoms with Crippen LogP contribution < -0.4 is 4.74 Å². The van der Waals surface area contributed by atoms with Gasteiger partial charge in [0.1, 0.15) is 11.9 Å². The molecule has 0 spiro atoms. The SMILES string of the molecule is O=Cc1ccccc1O[C@H]1CCC[C@@H]1O. The van der Waals surface area contributed by atoms with E-state index in [-0.39, 0.29) is 6.10 Å². The van der Waals surface area contributed by atoms with Crippen LogP contribution in [0.15, 0.2) is 24.3 Å². The highest BCUT2D eigenvalue weighted by Crippen LogP contribution is 2.26. The molecule has 0 bridgehead atoms. The first kappa shape index (κ1) is 10.2. The average Bonchev–Trinajstić information content (AvgIpc) is 2.65. The summed E-state index contributed by atoms with van der Waals surface area (Å²) in [7, 11) is 0. The summed E-state index contributed by atoms with van der Waals surface area (Å²) in [5.41, 5.74) is 0.539. The number of para-hydroxylation sites is 1. The van der Waals surface area contributed by atoms with Crippen molar-refractivity contribution in [3.63, 3.8) is 0 Å². The Hall–Kier alpha value is -1.35. The molecule has 1 saturated carbocycles. The van der Waals surface area contributed by atoms with Crippen LogP contribution >= 0.6 is 0 Å². The van der Waals surface area contributed by atoms with Gasteiger partial charge in [-0.1, -0.05) is 12.1 Å². The van der Waals surface area contributed by atoms with Crippen molar-refractivity contribution >= 4 is 6.29 Å². The molecule has 1 aromatic rings. The van der Waals surface area contributed by atoms with Crippen LogP contribution in [0.3, 0.4) is 0 Å². The van der Waals surface area contributed by atoms with E-state index in [0.717, 1.165) is 25.5 Å². The fourth-order valence-corrected chi connectivity index (χ4v) is 1.89. The Balaban J connectivity index is 2.12. The lowest BCUT2D eigenvalue weighted by Gasteiger charge is -2.17. The molecule has 0 aromatic heterocycles. The molecular weight excluding hydrogens is 192 g/mol. The highest BCUT2D eigenvalue weighted by Gasteiger charge is 2.27. The quantitative estimate of drug-likeness (QED) is 0.767. The van der Waals surface area contributed by atoms with Crippen LogP contribution in [0.1, 0.15) is 29.6 Å². The molecule has 0 heterocycles. The summed E-state index contributed by atoms with van der Waals surface area (Å²) in [6.45, 7) is 0. The Labute approximate surface area is 88.7 Å². The minimum atomic E-state index is -0.398. The van der Waals surface area contributed by atoms with Crippen LogP contribution in [0.2, 0.25) is 0 Å². The number of benzene rings is 1. The monoisotopic (exact) mass is 206 g/mol. The standard InChI is InChI=1S/C12H14O3/c13-8-9-4-1-2-6-11(9)15-12-7-3-5-10(12)14/h1-2,4,6,8,10,12,14H,3,5,7H2/t10-,12-/m0/s1. The summed E-state index contributed by atoms with van der Waals surface area (Å²) in [4.78, 5) is 10.7. The van der Waals surface area contributed by atoms with E-state index in [0.29, 0.717) is 11.3 Å². The van der Waals surface area contributed by atoms with Gasteiger partial charge in [0.25, 0.3) is 0 Å². The van der Waals surface area contributed by atoms with Gasteiger partial charge in [-0.25, -0.2) is 0 Å². The molecule has 1 aliphatic carbocycles. The number of ether oxygens (including phenoxy) is 1. The Bertz CT molecular complexity index is 348. The third kappa shape index (κ3) is 2.18. The van der Waals surface area contributed by atoms with E-state index in [1.54, 1.807) is 18.2 Å². The Morgan fingerprint density at radius 3 is 2.80 bits per heavy atom. The topological polar surface area (TPSA) is 46.5 Å². The molecule has 15 heavy (non-hydrogen) atoms. The molecule has 0 saturated heterocycles. The maximum atomic E-state index is 10.7. The molecule has 0 aliphatic heterocycles. The van der Waals surface area contributed by atoms with Crippen LogP contribution in [0.25, 0.3) is 0 Å². The zero-order chi connectivity index (χ0) is 10.7. The van der Waals surface area contributed by atoms with Crippen molar-refractivity contribution < 1.29 is 14.6 Å². The van der Waals surface area contributed by atoms with Gasteiger partial charge in [0.15, 0.2) is 6.29 Å². The van der Waals surface area contributed by atoms with Gasteiger partial charge in [-0.3, -0.25) is 4.79 Å². The van der Waals surface area contributed by atoms with Crippen molar-refractivity contribution in [3.8, 4) is 5.75 Å². The zero-order valence-corrected chi connectivity index (χ0v) is 8.43. The Kier molecular flexibility index (Phi) is 3.02. The largest absolute Gasteiger partial charge is 0.487 e. The van der Waals surface area contributed by atoms with Crippen molar-refractivity contribution in [2.24, 2.45) is 0 Å². The normalized spacial score (nSPS) is 25.1. The lowest BCUT2D eigenvalue weighted by molar-refractivity contribution is 0.0597. The van der Waals surface area contributed by atoms with E-state index < -0.39 is 6.10 Å². The lowest BCUT2D eigenvalue weighted by Crippen LogP contribution is -2.26. The molecule has 0 amide bonds. The molecule has 1 aliphatic rings. The van der Waals surface area contributed by atoms with E-state index in [1.165, 1.54) is 0 Å². The highest BCUT2D eigenvalue weighted by atomic mass is 16.5. The van der Waals surface area contributed by atoms with Crippen molar-refractivity contribution in [2.45, 2.75) is 31.5 Å². The molecule has 1 N–H and O–H groups in total. The van der Waals surface area contributed by atoms with Gasteiger partial charge in [-0.05, 0) is 31.4 Å². The molecule has 2 rings (SSSR count). The van der Waals surface area contributed by atoms with Crippen LogP contribution in [0.4, 0.5) is 0 Å². The van der Waals surface area contributed by atoms with E-state index in [9.17, 15) is 9.90 Å². The lowest BCUT2D eigenvalue weighted by atomic mass is 10.2. The summed E-state index contributed by atoms with van der Waals surface area (Å²) in [6, 6.07) is 7.09. The second kappa shape index (κ2) is 4.45. The molecule has 1 aromatic carbocycles. The summed E-state index contributed by atoms with van der Waals surface area (Å²) < 4.78 is 5.63. The number of carbonyl (C=O) groups is 1. The van der Waals surface area contributed by atoms with Crippen molar-refractivity contribution in [2.75, 3.05) is 0 Å². The number of aliphatic hydroxyl groups excluding tert-OH is 1. The fourth-order valence-electron chi connectivity index (χ4n) is 1.89.